The number of benzene rings is 1. The van der Waals surface area contributed by atoms with Crippen molar-refractivity contribution in [2.75, 3.05) is 11.9 Å². The molecule has 0 aliphatic heterocycles. The minimum absolute atomic E-state index is 0.172. The smallest absolute Gasteiger partial charge is 0.319 e. The minimum atomic E-state index is -0.172. The van der Waals surface area contributed by atoms with Crippen molar-refractivity contribution in [1.29, 1.82) is 0 Å². The van der Waals surface area contributed by atoms with Crippen LogP contribution in [0.5, 0.6) is 0 Å². The third-order valence-corrected chi connectivity index (χ3v) is 6.54. The fraction of sp³-hybridized carbons (Fsp3) is 0.500. The molecule has 0 saturated carbocycles. The Balaban J connectivity index is 1.81. The molecule has 0 radical (unpaired) electrons. The number of thiazole rings is 1. The third-order valence-electron chi connectivity index (χ3n) is 4.09. The second-order valence-corrected chi connectivity index (χ2v) is 9.18. The van der Waals surface area contributed by atoms with E-state index in [9.17, 15) is 4.79 Å². The average molecular weight is 392 g/mol. The van der Waals surface area contributed by atoms with Gasteiger partial charge in [0, 0.05) is 40.1 Å². The van der Waals surface area contributed by atoms with Crippen LogP contribution in [0.1, 0.15) is 56.3 Å². The van der Waals surface area contributed by atoms with Gasteiger partial charge in [0.25, 0.3) is 0 Å². The first kappa shape index (κ1) is 20.8. The van der Waals surface area contributed by atoms with E-state index in [1.165, 1.54) is 4.90 Å². The maximum Gasteiger partial charge on any atom is 0.319 e. The molecule has 2 rings (SSSR count). The number of hydrogen-bond acceptors (Lipinski definition) is 4. The number of nitrogens with one attached hydrogen (secondary N) is 2. The minimum Gasteiger partial charge on any atom is -0.337 e. The van der Waals surface area contributed by atoms with Crippen LogP contribution in [0.15, 0.2) is 28.5 Å². The van der Waals surface area contributed by atoms with Gasteiger partial charge in [0.15, 0.2) is 0 Å². The molecular formula is C20H29N3OS2. The Morgan fingerprint density at radius 2 is 2.08 bits per heavy atom. The molecule has 0 aliphatic rings. The van der Waals surface area contributed by atoms with Crippen molar-refractivity contribution in [3.63, 3.8) is 0 Å². The van der Waals surface area contributed by atoms with Crippen molar-refractivity contribution in [2.24, 2.45) is 0 Å². The van der Waals surface area contributed by atoms with Crippen molar-refractivity contribution in [3.8, 4) is 0 Å². The monoisotopic (exact) mass is 391 g/mol. The van der Waals surface area contributed by atoms with Crippen LogP contribution in [0.2, 0.25) is 0 Å². The highest BCUT2D eigenvalue weighted by molar-refractivity contribution is 7.99. The van der Waals surface area contributed by atoms with Crippen LogP contribution < -0.4 is 10.6 Å². The summed E-state index contributed by atoms with van der Waals surface area (Å²) in [5.41, 5.74) is 2.97. The van der Waals surface area contributed by atoms with Gasteiger partial charge in [-0.1, -0.05) is 27.7 Å². The second-order valence-electron chi connectivity index (χ2n) is 6.78. The molecule has 0 spiro atoms. The van der Waals surface area contributed by atoms with Crippen molar-refractivity contribution < 1.29 is 4.79 Å². The van der Waals surface area contributed by atoms with Crippen LogP contribution in [0.25, 0.3) is 0 Å². The largest absolute Gasteiger partial charge is 0.337 e. The zero-order valence-corrected chi connectivity index (χ0v) is 17.9. The van der Waals surface area contributed by atoms with E-state index in [0.717, 1.165) is 34.8 Å². The fourth-order valence-electron chi connectivity index (χ4n) is 2.34. The summed E-state index contributed by atoms with van der Waals surface area (Å²) in [5, 5.41) is 9.67. The van der Waals surface area contributed by atoms with Gasteiger partial charge in [-0.05, 0) is 37.1 Å². The molecule has 4 nitrogen and oxygen atoms in total. The molecule has 6 heteroatoms. The SMILES string of the molecule is CCC(C)Sc1ccc(NC(=O)NCCc2csc(C(C)C)n2)c(C)c1. The normalized spacial score (nSPS) is 12.2. The van der Waals surface area contributed by atoms with Gasteiger partial charge in [-0.2, -0.15) is 0 Å². The molecule has 1 aromatic heterocycles. The molecule has 1 heterocycles. The summed E-state index contributed by atoms with van der Waals surface area (Å²) in [4.78, 5) is 18.0. The average Bonchev–Trinajstić information content (AvgIpc) is 3.06. The summed E-state index contributed by atoms with van der Waals surface area (Å²) in [7, 11) is 0. The molecule has 0 saturated heterocycles. The summed E-state index contributed by atoms with van der Waals surface area (Å²) in [6.45, 7) is 11.3. The Morgan fingerprint density at radius 3 is 2.69 bits per heavy atom. The van der Waals surface area contributed by atoms with Crippen LogP contribution in [0, 0.1) is 6.92 Å². The number of aromatic nitrogens is 1. The van der Waals surface area contributed by atoms with E-state index in [0.29, 0.717) is 17.7 Å². The lowest BCUT2D eigenvalue weighted by Gasteiger charge is -2.13. The van der Waals surface area contributed by atoms with Gasteiger partial charge in [-0.15, -0.1) is 23.1 Å². The number of carbonyl (C=O) groups excluding carboxylic acids is 1. The van der Waals surface area contributed by atoms with E-state index < -0.39 is 0 Å². The molecule has 0 bridgehead atoms. The highest BCUT2D eigenvalue weighted by atomic mass is 32.2. The lowest BCUT2D eigenvalue weighted by molar-refractivity contribution is 0.252. The number of amides is 2. The topological polar surface area (TPSA) is 54.0 Å². The first-order valence-corrected chi connectivity index (χ1v) is 10.9. The number of rotatable bonds is 8. The number of nitrogens with zero attached hydrogens (tertiary/aromatic N) is 1. The molecule has 2 amide bonds. The molecule has 142 valence electrons. The lowest BCUT2D eigenvalue weighted by atomic mass is 10.2. The van der Waals surface area contributed by atoms with Gasteiger partial charge in [-0.3, -0.25) is 0 Å². The third kappa shape index (κ3) is 6.32. The Labute approximate surface area is 165 Å². The van der Waals surface area contributed by atoms with E-state index in [1.807, 2.05) is 24.8 Å². The predicted molar refractivity (Wildman–Crippen MR) is 114 cm³/mol. The van der Waals surface area contributed by atoms with Gasteiger partial charge in [0.2, 0.25) is 0 Å². The van der Waals surface area contributed by atoms with Crippen LogP contribution in [0.3, 0.4) is 0 Å². The number of hydrogen-bond donors (Lipinski definition) is 2. The Hall–Kier alpha value is -1.53. The van der Waals surface area contributed by atoms with E-state index in [2.05, 4.69) is 60.8 Å². The Morgan fingerprint density at radius 1 is 1.31 bits per heavy atom. The molecule has 0 fully saturated rings. The predicted octanol–water partition coefficient (Wildman–Crippen LogP) is 5.83. The highest BCUT2D eigenvalue weighted by Crippen LogP contribution is 2.28. The summed E-state index contributed by atoms with van der Waals surface area (Å²) in [5.74, 6) is 0.453. The standard InChI is InChI=1S/C20H29N3OS2/c1-6-15(5)26-17-7-8-18(14(4)11-17)23-20(24)21-10-9-16-12-25-19(22-16)13(2)3/h7-8,11-13,15H,6,9-10H2,1-5H3,(H2,21,23,24). The molecule has 1 atom stereocenters. The van der Waals surface area contributed by atoms with Gasteiger partial charge in [0.05, 0.1) is 10.7 Å². The number of anilines is 1. The van der Waals surface area contributed by atoms with E-state index in [4.69, 9.17) is 0 Å². The van der Waals surface area contributed by atoms with Crippen molar-refractivity contribution in [2.45, 2.75) is 63.5 Å². The van der Waals surface area contributed by atoms with Gasteiger partial charge in [0.1, 0.15) is 0 Å². The maximum atomic E-state index is 12.1. The first-order valence-electron chi connectivity index (χ1n) is 9.15. The molecule has 1 unspecified atom stereocenters. The van der Waals surface area contributed by atoms with E-state index in [1.54, 1.807) is 11.3 Å². The summed E-state index contributed by atoms with van der Waals surface area (Å²) in [6.07, 6.45) is 1.89. The van der Waals surface area contributed by atoms with Gasteiger partial charge < -0.3 is 10.6 Å². The fourth-order valence-corrected chi connectivity index (χ4v) is 4.23. The van der Waals surface area contributed by atoms with Crippen LogP contribution in [-0.2, 0) is 6.42 Å². The van der Waals surface area contributed by atoms with Crippen LogP contribution >= 0.6 is 23.1 Å². The van der Waals surface area contributed by atoms with Gasteiger partial charge in [-0.25, -0.2) is 9.78 Å². The maximum absolute atomic E-state index is 12.1. The molecular weight excluding hydrogens is 362 g/mol. The molecule has 0 aliphatic carbocycles. The Kier molecular flexibility index (Phi) is 7.97. The van der Waals surface area contributed by atoms with Crippen LogP contribution in [-0.4, -0.2) is 22.8 Å². The van der Waals surface area contributed by atoms with Crippen molar-refractivity contribution in [3.05, 3.63) is 39.8 Å². The molecule has 26 heavy (non-hydrogen) atoms. The summed E-state index contributed by atoms with van der Waals surface area (Å²) in [6, 6.07) is 6.02. The zero-order valence-electron chi connectivity index (χ0n) is 16.3. The lowest BCUT2D eigenvalue weighted by Crippen LogP contribution is -2.30. The van der Waals surface area contributed by atoms with E-state index >= 15 is 0 Å². The number of aryl methyl sites for hydroxylation is 1. The second kappa shape index (κ2) is 9.97. The molecule has 2 aromatic rings. The Bertz CT molecular complexity index is 728. The van der Waals surface area contributed by atoms with Crippen molar-refractivity contribution in [1.82, 2.24) is 10.3 Å². The van der Waals surface area contributed by atoms with Crippen molar-refractivity contribution >= 4 is 34.8 Å². The zero-order chi connectivity index (χ0) is 19.1. The van der Waals surface area contributed by atoms with E-state index in [-0.39, 0.29) is 6.03 Å². The number of carbonyl (C=O) groups is 1. The van der Waals surface area contributed by atoms with Crippen LogP contribution in [0.4, 0.5) is 10.5 Å². The summed E-state index contributed by atoms with van der Waals surface area (Å²) < 4.78 is 0. The number of urea groups is 1. The molecule has 1 aromatic carbocycles. The number of thioether (sulfide) groups is 1. The first-order chi connectivity index (χ1) is 12.4. The highest BCUT2D eigenvalue weighted by Gasteiger charge is 2.09. The summed E-state index contributed by atoms with van der Waals surface area (Å²) >= 11 is 3.55. The quantitative estimate of drug-likeness (QED) is 0.557. The van der Waals surface area contributed by atoms with Gasteiger partial charge >= 0.3 is 6.03 Å². The molecule has 2 N–H and O–H groups in total.